The Morgan fingerprint density at radius 2 is 2.12 bits per heavy atom. The van der Waals surface area contributed by atoms with Gasteiger partial charge in [-0.1, -0.05) is 30.4 Å². The van der Waals surface area contributed by atoms with E-state index < -0.39 is 0 Å². The first-order chi connectivity index (χ1) is 11.8. The highest BCUT2D eigenvalue weighted by Gasteiger charge is 2.16. The van der Waals surface area contributed by atoms with Crippen LogP contribution in [0, 0.1) is 0 Å². The number of hydrogen-bond acceptors (Lipinski definition) is 5. The lowest BCUT2D eigenvalue weighted by Gasteiger charge is -2.17. The summed E-state index contributed by atoms with van der Waals surface area (Å²) in [6.07, 6.45) is 8.32. The Bertz CT molecular complexity index is 858. The predicted molar refractivity (Wildman–Crippen MR) is 101 cm³/mol. The van der Waals surface area contributed by atoms with E-state index in [2.05, 4.69) is 51.3 Å². The standard InChI is InChI=1S/C19H20N4S/c20-19-22-16-7-11-23(12-8-18(16)24-19)10-2-3-14-5-6-15-4-1-9-21-17(15)13-14/h1-6,9,13H,7-8,10-12H2,(H2,20,22)/b3-2+. The summed E-state index contributed by atoms with van der Waals surface area (Å²) in [5, 5.41) is 1.89. The summed E-state index contributed by atoms with van der Waals surface area (Å²) >= 11 is 1.64. The molecule has 0 aliphatic carbocycles. The molecule has 122 valence electrons. The van der Waals surface area contributed by atoms with Crippen LogP contribution in [0.3, 0.4) is 0 Å². The Balaban J connectivity index is 1.39. The molecule has 2 N–H and O–H groups in total. The molecule has 4 nitrogen and oxygen atoms in total. The van der Waals surface area contributed by atoms with Gasteiger partial charge in [0.15, 0.2) is 5.13 Å². The van der Waals surface area contributed by atoms with Crippen molar-refractivity contribution in [2.75, 3.05) is 25.4 Å². The molecule has 0 spiro atoms. The maximum Gasteiger partial charge on any atom is 0.180 e. The Labute approximate surface area is 145 Å². The summed E-state index contributed by atoms with van der Waals surface area (Å²) in [5.41, 5.74) is 9.25. The number of aromatic nitrogens is 2. The maximum atomic E-state index is 5.81. The number of nitrogens with zero attached hydrogens (tertiary/aromatic N) is 3. The van der Waals surface area contributed by atoms with Gasteiger partial charge in [-0.15, -0.1) is 11.3 Å². The smallest absolute Gasteiger partial charge is 0.180 e. The number of rotatable bonds is 3. The lowest BCUT2D eigenvalue weighted by atomic mass is 10.1. The first-order valence-corrected chi connectivity index (χ1v) is 9.07. The zero-order valence-electron chi connectivity index (χ0n) is 13.5. The SMILES string of the molecule is Nc1nc2c(s1)CCN(C/C=C/c1ccc3cccnc3c1)CC2. The van der Waals surface area contributed by atoms with Crippen molar-refractivity contribution in [2.45, 2.75) is 12.8 Å². The van der Waals surface area contributed by atoms with Crippen LogP contribution in [0.15, 0.2) is 42.6 Å². The lowest BCUT2D eigenvalue weighted by Crippen LogP contribution is -2.26. The summed E-state index contributed by atoms with van der Waals surface area (Å²) in [6.45, 7) is 3.07. The summed E-state index contributed by atoms with van der Waals surface area (Å²) in [6, 6.07) is 10.5. The topological polar surface area (TPSA) is 55.0 Å². The zero-order valence-corrected chi connectivity index (χ0v) is 14.3. The third kappa shape index (κ3) is 3.32. The Kier molecular flexibility index (Phi) is 4.28. The Morgan fingerprint density at radius 1 is 1.21 bits per heavy atom. The minimum Gasteiger partial charge on any atom is -0.375 e. The molecular weight excluding hydrogens is 316 g/mol. The number of hydrogen-bond donors (Lipinski definition) is 1. The van der Waals surface area contributed by atoms with E-state index in [1.54, 1.807) is 11.3 Å². The second-order valence-corrected chi connectivity index (χ2v) is 7.20. The molecule has 2 aromatic heterocycles. The number of thiazole rings is 1. The van der Waals surface area contributed by atoms with Crippen LogP contribution in [-0.4, -0.2) is 34.5 Å². The molecule has 1 aliphatic heterocycles. The van der Waals surface area contributed by atoms with Crippen molar-refractivity contribution in [3.05, 3.63) is 58.7 Å². The van der Waals surface area contributed by atoms with Gasteiger partial charge in [0.25, 0.3) is 0 Å². The molecule has 0 atom stereocenters. The molecule has 3 aromatic rings. The van der Waals surface area contributed by atoms with Gasteiger partial charge in [-0.3, -0.25) is 9.88 Å². The number of anilines is 1. The quantitative estimate of drug-likeness (QED) is 0.796. The molecule has 0 saturated carbocycles. The number of benzene rings is 1. The molecule has 0 fully saturated rings. The first-order valence-electron chi connectivity index (χ1n) is 8.26. The molecule has 24 heavy (non-hydrogen) atoms. The van der Waals surface area contributed by atoms with Crippen molar-refractivity contribution in [3.63, 3.8) is 0 Å². The van der Waals surface area contributed by atoms with E-state index >= 15 is 0 Å². The van der Waals surface area contributed by atoms with Crippen molar-refractivity contribution in [2.24, 2.45) is 0 Å². The summed E-state index contributed by atoms with van der Waals surface area (Å²) < 4.78 is 0. The molecule has 0 radical (unpaired) electrons. The first kappa shape index (κ1) is 15.3. The van der Waals surface area contributed by atoms with E-state index in [1.807, 2.05) is 12.3 Å². The predicted octanol–water partition coefficient (Wildman–Crippen LogP) is 3.39. The fraction of sp³-hybridized carbons (Fsp3) is 0.263. The van der Waals surface area contributed by atoms with Gasteiger partial charge in [0.05, 0.1) is 11.2 Å². The molecule has 1 aromatic carbocycles. The minimum atomic E-state index is 0.707. The second kappa shape index (κ2) is 6.71. The van der Waals surface area contributed by atoms with Crippen LogP contribution in [0.4, 0.5) is 5.13 Å². The van der Waals surface area contributed by atoms with E-state index in [1.165, 1.54) is 21.5 Å². The van der Waals surface area contributed by atoms with Crippen molar-refractivity contribution >= 4 is 33.4 Å². The number of nitrogen functional groups attached to an aromatic ring is 1. The molecule has 0 amide bonds. The summed E-state index contributed by atoms with van der Waals surface area (Å²) in [5.74, 6) is 0. The number of pyridine rings is 1. The average Bonchev–Trinajstić information content (AvgIpc) is 2.86. The molecule has 0 unspecified atom stereocenters. The molecular formula is C19H20N4S. The fourth-order valence-electron chi connectivity index (χ4n) is 3.14. The Hall–Kier alpha value is -2.24. The normalized spacial score (nSPS) is 15.7. The van der Waals surface area contributed by atoms with E-state index in [0.717, 1.165) is 38.0 Å². The van der Waals surface area contributed by atoms with E-state index in [4.69, 9.17) is 5.73 Å². The van der Waals surface area contributed by atoms with Crippen LogP contribution >= 0.6 is 11.3 Å². The largest absolute Gasteiger partial charge is 0.375 e. The van der Waals surface area contributed by atoms with Crippen LogP contribution in [0.2, 0.25) is 0 Å². The maximum absolute atomic E-state index is 5.81. The van der Waals surface area contributed by atoms with Gasteiger partial charge >= 0.3 is 0 Å². The van der Waals surface area contributed by atoms with Gasteiger partial charge in [0.1, 0.15) is 0 Å². The van der Waals surface area contributed by atoms with Crippen LogP contribution in [-0.2, 0) is 12.8 Å². The molecule has 0 bridgehead atoms. The van der Waals surface area contributed by atoms with Gasteiger partial charge < -0.3 is 5.73 Å². The zero-order chi connectivity index (χ0) is 16.4. The van der Waals surface area contributed by atoms with Crippen LogP contribution in [0.1, 0.15) is 16.1 Å². The molecule has 4 rings (SSSR count). The molecule has 0 saturated heterocycles. The van der Waals surface area contributed by atoms with Gasteiger partial charge in [-0.2, -0.15) is 0 Å². The average molecular weight is 336 g/mol. The van der Waals surface area contributed by atoms with Gasteiger partial charge in [-0.05, 0) is 24.1 Å². The van der Waals surface area contributed by atoms with Crippen LogP contribution in [0.25, 0.3) is 17.0 Å². The lowest BCUT2D eigenvalue weighted by molar-refractivity contribution is 0.318. The highest BCUT2D eigenvalue weighted by Crippen LogP contribution is 2.24. The summed E-state index contributed by atoms with van der Waals surface area (Å²) in [7, 11) is 0. The van der Waals surface area contributed by atoms with E-state index in [9.17, 15) is 0 Å². The highest BCUT2D eigenvalue weighted by atomic mass is 32.1. The second-order valence-electron chi connectivity index (χ2n) is 6.08. The van der Waals surface area contributed by atoms with Crippen LogP contribution in [0.5, 0.6) is 0 Å². The van der Waals surface area contributed by atoms with Gasteiger partial charge in [0, 0.05) is 42.5 Å². The van der Waals surface area contributed by atoms with Crippen molar-refractivity contribution in [1.82, 2.24) is 14.9 Å². The number of nitrogens with two attached hydrogens (primary N) is 1. The third-order valence-corrected chi connectivity index (χ3v) is 5.41. The number of fused-ring (bicyclic) bond motifs is 2. The monoisotopic (exact) mass is 336 g/mol. The van der Waals surface area contributed by atoms with E-state index in [-0.39, 0.29) is 0 Å². The molecule has 3 heterocycles. The summed E-state index contributed by atoms with van der Waals surface area (Å²) in [4.78, 5) is 12.7. The highest BCUT2D eigenvalue weighted by molar-refractivity contribution is 7.15. The minimum absolute atomic E-state index is 0.707. The van der Waals surface area contributed by atoms with Crippen LogP contribution < -0.4 is 5.73 Å². The molecule has 5 heteroatoms. The van der Waals surface area contributed by atoms with Gasteiger partial charge in [-0.25, -0.2) is 4.98 Å². The fourth-order valence-corrected chi connectivity index (χ4v) is 4.00. The third-order valence-electron chi connectivity index (χ3n) is 4.42. The Morgan fingerprint density at radius 3 is 3.08 bits per heavy atom. The van der Waals surface area contributed by atoms with Crippen molar-refractivity contribution < 1.29 is 0 Å². The molecule has 1 aliphatic rings. The van der Waals surface area contributed by atoms with Gasteiger partial charge in [0.2, 0.25) is 0 Å². The van der Waals surface area contributed by atoms with Crippen molar-refractivity contribution in [3.8, 4) is 0 Å². The van der Waals surface area contributed by atoms with E-state index in [0.29, 0.717) is 5.13 Å². The van der Waals surface area contributed by atoms with Crippen molar-refractivity contribution in [1.29, 1.82) is 0 Å².